The van der Waals surface area contributed by atoms with E-state index in [2.05, 4.69) is 16.9 Å². The molecule has 0 aliphatic heterocycles. The lowest BCUT2D eigenvalue weighted by atomic mass is 10.3. The van der Waals surface area contributed by atoms with Gasteiger partial charge in [0.2, 0.25) is 5.82 Å². The minimum Gasteiger partial charge on any atom is -0.308 e. The van der Waals surface area contributed by atoms with Gasteiger partial charge in [-0.15, -0.1) is 0 Å². The molecule has 0 spiro atoms. The van der Waals surface area contributed by atoms with E-state index in [0.29, 0.717) is 17.7 Å². The second-order valence-corrected chi connectivity index (χ2v) is 3.67. The number of hydrogen-bond acceptors (Lipinski definition) is 2. The third kappa shape index (κ3) is 1.36. The molecule has 1 fully saturated rings. The Morgan fingerprint density at radius 2 is 2.23 bits per heavy atom. The molecule has 1 aliphatic carbocycles. The van der Waals surface area contributed by atoms with Gasteiger partial charge in [-0.05, 0) is 19.3 Å². The summed E-state index contributed by atoms with van der Waals surface area (Å²) in [6, 6.07) is 0. The molecule has 70 valence electrons. The van der Waals surface area contributed by atoms with Crippen LogP contribution in [-0.4, -0.2) is 9.97 Å². The number of H-pyrrole nitrogens is 1. The molecule has 13 heavy (non-hydrogen) atoms. The number of hydrogen-bond donors (Lipinski definition) is 1. The fourth-order valence-electron chi connectivity index (χ4n) is 1.47. The van der Waals surface area contributed by atoms with Gasteiger partial charge in [-0.2, -0.15) is 4.39 Å². The van der Waals surface area contributed by atoms with E-state index in [9.17, 15) is 9.18 Å². The zero-order chi connectivity index (χ0) is 9.59. The Balaban J connectivity index is 2.45. The molecule has 1 aromatic rings. The van der Waals surface area contributed by atoms with E-state index in [0.717, 1.165) is 6.42 Å². The Morgan fingerprint density at radius 3 is 2.69 bits per heavy atom. The monoisotopic (exact) mass is 182 g/mol. The highest BCUT2D eigenvalue weighted by molar-refractivity contribution is 5.12. The number of halogens is 1. The van der Waals surface area contributed by atoms with Crippen molar-refractivity contribution in [3.8, 4) is 0 Å². The Bertz CT molecular complexity index is 399. The molecule has 1 N–H and O–H groups in total. The van der Waals surface area contributed by atoms with Crippen LogP contribution in [0.1, 0.15) is 30.8 Å². The van der Waals surface area contributed by atoms with Crippen molar-refractivity contribution in [2.24, 2.45) is 5.92 Å². The maximum absolute atomic E-state index is 12.9. The molecule has 0 saturated heterocycles. The molecule has 2 atom stereocenters. The lowest BCUT2D eigenvalue weighted by Crippen LogP contribution is -2.17. The van der Waals surface area contributed by atoms with E-state index in [1.54, 1.807) is 0 Å². The van der Waals surface area contributed by atoms with Gasteiger partial charge in [0.05, 0.1) is 5.69 Å². The summed E-state index contributed by atoms with van der Waals surface area (Å²) in [5.74, 6) is 0.758. The zero-order valence-electron chi connectivity index (χ0n) is 7.60. The van der Waals surface area contributed by atoms with E-state index in [1.807, 2.05) is 0 Å². The second kappa shape index (κ2) is 2.65. The van der Waals surface area contributed by atoms with Gasteiger partial charge >= 0.3 is 0 Å². The Morgan fingerprint density at radius 1 is 1.62 bits per heavy atom. The van der Waals surface area contributed by atoms with Crippen LogP contribution in [0.2, 0.25) is 0 Å². The molecular weight excluding hydrogens is 171 g/mol. The van der Waals surface area contributed by atoms with Crippen molar-refractivity contribution >= 4 is 0 Å². The number of rotatable bonds is 1. The molecule has 0 bridgehead atoms. The number of aryl methyl sites for hydroxylation is 1. The highest BCUT2D eigenvalue weighted by Crippen LogP contribution is 2.44. The molecule has 1 heterocycles. The van der Waals surface area contributed by atoms with Crippen molar-refractivity contribution in [2.45, 2.75) is 26.2 Å². The van der Waals surface area contributed by atoms with E-state index < -0.39 is 11.4 Å². The third-order valence-electron chi connectivity index (χ3n) is 2.51. The first-order chi connectivity index (χ1) is 6.09. The van der Waals surface area contributed by atoms with Gasteiger partial charge in [0.1, 0.15) is 5.82 Å². The topological polar surface area (TPSA) is 45.8 Å². The van der Waals surface area contributed by atoms with Crippen LogP contribution in [0.4, 0.5) is 4.39 Å². The van der Waals surface area contributed by atoms with Crippen LogP contribution in [0.25, 0.3) is 0 Å². The van der Waals surface area contributed by atoms with Gasteiger partial charge < -0.3 is 4.98 Å². The van der Waals surface area contributed by atoms with Crippen molar-refractivity contribution in [2.75, 3.05) is 0 Å². The summed E-state index contributed by atoms with van der Waals surface area (Å²) < 4.78 is 12.9. The van der Waals surface area contributed by atoms with E-state index in [1.165, 1.54) is 6.92 Å². The fraction of sp³-hybridized carbons (Fsp3) is 0.556. The number of aromatic amines is 1. The molecule has 3 nitrogen and oxygen atoms in total. The predicted octanol–water partition coefficient (Wildman–Crippen LogP) is 1.34. The predicted molar refractivity (Wildman–Crippen MR) is 46.1 cm³/mol. The smallest absolute Gasteiger partial charge is 0.287 e. The van der Waals surface area contributed by atoms with Gasteiger partial charge in [-0.3, -0.25) is 4.79 Å². The van der Waals surface area contributed by atoms with Crippen LogP contribution in [0.5, 0.6) is 0 Å². The average Bonchev–Trinajstić information content (AvgIpc) is 2.77. The summed E-state index contributed by atoms with van der Waals surface area (Å²) in [5.41, 5.74) is -0.459. The van der Waals surface area contributed by atoms with E-state index in [-0.39, 0.29) is 5.69 Å². The number of nitrogens with zero attached hydrogens (tertiary/aromatic N) is 1. The van der Waals surface area contributed by atoms with Crippen molar-refractivity contribution in [3.63, 3.8) is 0 Å². The van der Waals surface area contributed by atoms with Crippen molar-refractivity contribution in [1.82, 2.24) is 9.97 Å². The summed E-state index contributed by atoms with van der Waals surface area (Å²) >= 11 is 0. The molecule has 1 aromatic heterocycles. The molecule has 1 aliphatic rings. The summed E-state index contributed by atoms with van der Waals surface area (Å²) in [5, 5.41) is 0. The minimum absolute atomic E-state index is 0.192. The van der Waals surface area contributed by atoms with Gasteiger partial charge in [-0.25, -0.2) is 4.98 Å². The van der Waals surface area contributed by atoms with E-state index in [4.69, 9.17) is 0 Å². The van der Waals surface area contributed by atoms with Gasteiger partial charge in [0.25, 0.3) is 5.56 Å². The lowest BCUT2D eigenvalue weighted by molar-refractivity contribution is 0.580. The highest BCUT2D eigenvalue weighted by Gasteiger charge is 2.36. The molecule has 2 rings (SSSR count). The van der Waals surface area contributed by atoms with Gasteiger partial charge in [0, 0.05) is 5.92 Å². The molecule has 1 saturated carbocycles. The second-order valence-electron chi connectivity index (χ2n) is 3.67. The zero-order valence-corrected chi connectivity index (χ0v) is 7.60. The third-order valence-corrected chi connectivity index (χ3v) is 2.51. The fourth-order valence-corrected chi connectivity index (χ4v) is 1.47. The first-order valence-corrected chi connectivity index (χ1v) is 4.36. The van der Waals surface area contributed by atoms with Crippen LogP contribution >= 0.6 is 0 Å². The number of aromatic nitrogens is 2. The lowest BCUT2D eigenvalue weighted by Gasteiger charge is -1.99. The van der Waals surface area contributed by atoms with Crippen LogP contribution in [-0.2, 0) is 0 Å². The molecule has 0 aromatic carbocycles. The maximum atomic E-state index is 12.9. The van der Waals surface area contributed by atoms with Gasteiger partial charge in [-0.1, -0.05) is 6.92 Å². The summed E-state index contributed by atoms with van der Waals surface area (Å²) in [6.07, 6.45) is 1.04. The normalized spacial score (nSPS) is 26.1. The average molecular weight is 182 g/mol. The molecule has 2 unspecified atom stereocenters. The molecular formula is C9H11FN2O. The quantitative estimate of drug-likeness (QED) is 0.712. The summed E-state index contributed by atoms with van der Waals surface area (Å²) in [6.45, 7) is 3.60. The SMILES string of the molecule is Cc1nc(C2CC2C)[nH]c(=O)c1F. The maximum Gasteiger partial charge on any atom is 0.287 e. The Kier molecular flexibility index (Phi) is 1.71. The van der Waals surface area contributed by atoms with Crippen molar-refractivity contribution in [1.29, 1.82) is 0 Å². The van der Waals surface area contributed by atoms with Crippen LogP contribution < -0.4 is 5.56 Å². The first kappa shape index (κ1) is 8.41. The van der Waals surface area contributed by atoms with Gasteiger partial charge in [0.15, 0.2) is 0 Å². The summed E-state index contributed by atoms with van der Waals surface area (Å²) in [7, 11) is 0. The molecule has 0 radical (unpaired) electrons. The summed E-state index contributed by atoms with van der Waals surface area (Å²) in [4.78, 5) is 17.5. The Hall–Kier alpha value is -1.19. The first-order valence-electron chi connectivity index (χ1n) is 4.36. The number of nitrogens with one attached hydrogen (secondary N) is 1. The molecule has 4 heteroatoms. The standard InChI is InChI=1S/C9H11FN2O/c1-4-3-6(4)8-11-5(2)7(10)9(13)12-8/h4,6H,3H2,1-2H3,(H,11,12,13). The molecule has 0 amide bonds. The Labute approximate surface area is 75.0 Å². The van der Waals surface area contributed by atoms with Crippen LogP contribution in [0, 0.1) is 18.7 Å². The van der Waals surface area contributed by atoms with Crippen molar-refractivity contribution in [3.05, 3.63) is 27.7 Å². The van der Waals surface area contributed by atoms with Crippen LogP contribution in [0.15, 0.2) is 4.79 Å². The van der Waals surface area contributed by atoms with E-state index >= 15 is 0 Å². The highest BCUT2D eigenvalue weighted by atomic mass is 19.1. The van der Waals surface area contributed by atoms with Crippen LogP contribution in [0.3, 0.4) is 0 Å². The largest absolute Gasteiger partial charge is 0.308 e. The minimum atomic E-state index is -0.767. The van der Waals surface area contributed by atoms with Crippen molar-refractivity contribution < 1.29 is 4.39 Å².